The largest absolute Gasteiger partial charge is 0.399 e. The van der Waals surface area contributed by atoms with Gasteiger partial charge in [-0.3, -0.25) is 0 Å². The Labute approximate surface area is 62.6 Å². The van der Waals surface area contributed by atoms with E-state index in [1.165, 1.54) is 0 Å². The van der Waals surface area contributed by atoms with Crippen LogP contribution in [0.4, 0.5) is 0 Å². The van der Waals surface area contributed by atoms with Gasteiger partial charge < -0.3 is 11.5 Å². The van der Waals surface area contributed by atoms with E-state index in [4.69, 9.17) is 11.5 Å². The Morgan fingerprint density at radius 3 is 2.30 bits per heavy atom. The average Bonchev–Trinajstić information content (AvgIpc) is 1.87. The number of hydrogen-bond acceptors (Lipinski definition) is 2. The van der Waals surface area contributed by atoms with Gasteiger partial charge >= 0.3 is 0 Å². The molecule has 0 saturated carbocycles. The molecule has 0 heterocycles. The van der Waals surface area contributed by atoms with Gasteiger partial charge in [0.1, 0.15) is 0 Å². The van der Waals surface area contributed by atoms with E-state index in [0.29, 0.717) is 0 Å². The maximum absolute atomic E-state index is 5.59. The SMILES string of the molecule is C/C=C(N)\C=C(/C)C(C)N. The minimum Gasteiger partial charge on any atom is -0.399 e. The second-order valence-electron chi connectivity index (χ2n) is 2.47. The van der Waals surface area contributed by atoms with Crippen LogP contribution in [0.15, 0.2) is 23.4 Å². The molecule has 1 unspecified atom stereocenters. The van der Waals surface area contributed by atoms with Crippen LogP contribution in [-0.4, -0.2) is 6.04 Å². The lowest BCUT2D eigenvalue weighted by molar-refractivity contribution is 0.858. The molecule has 0 bridgehead atoms. The van der Waals surface area contributed by atoms with Crippen molar-refractivity contribution in [2.45, 2.75) is 26.8 Å². The van der Waals surface area contributed by atoms with E-state index in [2.05, 4.69) is 0 Å². The van der Waals surface area contributed by atoms with Crippen molar-refractivity contribution in [3.8, 4) is 0 Å². The molecule has 4 N–H and O–H groups in total. The summed E-state index contributed by atoms with van der Waals surface area (Å²) in [5, 5.41) is 0. The molecule has 0 amide bonds. The molecule has 10 heavy (non-hydrogen) atoms. The minimum absolute atomic E-state index is 0.0958. The van der Waals surface area contributed by atoms with E-state index >= 15 is 0 Å². The smallest absolute Gasteiger partial charge is 0.0270 e. The zero-order valence-electron chi connectivity index (χ0n) is 6.89. The molecule has 0 aromatic carbocycles. The van der Waals surface area contributed by atoms with Crippen LogP contribution in [0.3, 0.4) is 0 Å². The van der Waals surface area contributed by atoms with Crippen molar-refractivity contribution in [2.75, 3.05) is 0 Å². The fourth-order valence-electron chi connectivity index (χ4n) is 0.478. The molecular formula is C8H16N2. The van der Waals surface area contributed by atoms with E-state index in [9.17, 15) is 0 Å². The van der Waals surface area contributed by atoms with Gasteiger partial charge in [-0.2, -0.15) is 0 Å². The monoisotopic (exact) mass is 140 g/mol. The van der Waals surface area contributed by atoms with Crippen LogP contribution in [0.2, 0.25) is 0 Å². The Hall–Kier alpha value is -0.760. The maximum Gasteiger partial charge on any atom is 0.0270 e. The van der Waals surface area contributed by atoms with Crippen molar-refractivity contribution >= 4 is 0 Å². The van der Waals surface area contributed by atoms with Crippen molar-refractivity contribution in [1.82, 2.24) is 0 Å². The molecule has 0 saturated heterocycles. The van der Waals surface area contributed by atoms with E-state index in [1.807, 2.05) is 32.9 Å². The van der Waals surface area contributed by atoms with E-state index < -0.39 is 0 Å². The summed E-state index contributed by atoms with van der Waals surface area (Å²) in [6, 6.07) is 0.0958. The molecule has 2 heteroatoms. The maximum atomic E-state index is 5.59. The minimum atomic E-state index is 0.0958. The first kappa shape index (κ1) is 9.24. The Kier molecular flexibility index (Phi) is 3.81. The normalized spacial score (nSPS) is 17.2. The molecule has 0 spiro atoms. The summed E-state index contributed by atoms with van der Waals surface area (Å²) in [4.78, 5) is 0. The Morgan fingerprint density at radius 1 is 1.50 bits per heavy atom. The van der Waals surface area contributed by atoms with E-state index in [-0.39, 0.29) is 6.04 Å². The van der Waals surface area contributed by atoms with Gasteiger partial charge in [-0.05, 0) is 26.8 Å². The summed E-state index contributed by atoms with van der Waals surface area (Å²) < 4.78 is 0. The first-order chi connectivity index (χ1) is 4.57. The van der Waals surface area contributed by atoms with Gasteiger partial charge in [0.25, 0.3) is 0 Å². The highest BCUT2D eigenvalue weighted by Crippen LogP contribution is 1.99. The summed E-state index contributed by atoms with van der Waals surface area (Å²) in [6.07, 6.45) is 3.75. The van der Waals surface area contributed by atoms with Crippen molar-refractivity contribution in [3.05, 3.63) is 23.4 Å². The standard InChI is InChI=1S/C8H16N2/c1-4-8(10)5-6(2)7(3)9/h4-5,7H,9-10H2,1-3H3/b6-5+,8-4+. The average molecular weight is 140 g/mol. The van der Waals surface area contributed by atoms with Gasteiger partial charge in [0.05, 0.1) is 0 Å². The van der Waals surface area contributed by atoms with Crippen LogP contribution in [0.1, 0.15) is 20.8 Å². The molecule has 0 radical (unpaired) electrons. The molecule has 0 aromatic heterocycles. The van der Waals surface area contributed by atoms with Crippen LogP contribution in [0.25, 0.3) is 0 Å². The molecule has 1 atom stereocenters. The van der Waals surface area contributed by atoms with E-state index in [0.717, 1.165) is 11.3 Å². The third-order valence-corrected chi connectivity index (χ3v) is 1.45. The predicted molar refractivity (Wildman–Crippen MR) is 45.4 cm³/mol. The van der Waals surface area contributed by atoms with Crippen LogP contribution in [0, 0.1) is 0 Å². The molecule has 0 aliphatic rings. The van der Waals surface area contributed by atoms with Crippen molar-refractivity contribution in [2.24, 2.45) is 11.5 Å². The summed E-state index contributed by atoms with van der Waals surface area (Å²) in [5.74, 6) is 0. The van der Waals surface area contributed by atoms with Gasteiger partial charge in [-0.25, -0.2) is 0 Å². The lowest BCUT2D eigenvalue weighted by Crippen LogP contribution is -2.16. The van der Waals surface area contributed by atoms with Gasteiger partial charge in [0, 0.05) is 11.7 Å². The molecule has 0 fully saturated rings. The molecule has 2 nitrogen and oxygen atoms in total. The quantitative estimate of drug-likeness (QED) is 0.565. The highest BCUT2D eigenvalue weighted by atomic mass is 14.6. The zero-order valence-corrected chi connectivity index (χ0v) is 6.89. The highest BCUT2D eigenvalue weighted by molar-refractivity contribution is 5.21. The first-order valence-electron chi connectivity index (χ1n) is 3.43. The van der Waals surface area contributed by atoms with E-state index in [1.54, 1.807) is 0 Å². The van der Waals surface area contributed by atoms with Gasteiger partial charge in [-0.15, -0.1) is 0 Å². The Balaban J connectivity index is 4.17. The topological polar surface area (TPSA) is 52.0 Å². The Bertz CT molecular complexity index is 155. The number of hydrogen-bond donors (Lipinski definition) is 2. The molecule has 0 aromatic rings. The van der Waals surface area contributed by atoms with Gasteiger partial charge in [-0.1, -0.05) is 11.6 Å². The molecule has 58 valence electrons. The first-order valence-corrected chi connectivity index (χ1v) is 3.43. The summed E-state index contributed by atoms with van der Waals surface area (Å²) in [5.41, 5.74) is 13.0. The van der Waals surface area contributed by atoms with Gasteiger partial charge in [0.15, 0.2) is 0 Å². The van der Waals surface area contributed by atoms with Gasteiger partial charge in [0.2, 0.25) is 0 Å². The van der Waals surface area contributed by atoms with Crippen LogP contribution < -0.4 is 11.5 Å². The van der Waals surface area contributed by atoms with Crippen LogP contribution >= 0.6 is 0 Å². The third-order valence-electron chi connectivity index (χ3n) is 1.45. The lowest BCUT2D eigenvalue weighted by Gasteiger charge is -2.04. The number of allylic oxidation sites excluding steroid dienone is 2. The summed E-state index contributed by atoms with van der Waals surface area (Å²) in [6.45, 7) is 5.82. The second-order valence-corrected chi connectivity index (χ2v) is 2.47. The molecule has 0 aliphatic carbocycles. The molecular weight excluding hydrogens is 124 g/mol. The predicted octanol–water partition coefficient (Wildman–Crippen LogP) is 1.14. The van der Waals surface area contributed by atoms with Crippen molar-refractivity contribution in [1.29, 1.82) is 0 Å². The summed E-state index contributed by atoms with van der Waals surface area (Å²) >= 11 is 0. The number of nitrogens with two attached hydrogens (primary N) is 2. The Morgan fingerprint density at radius 2 is 2.00 bits per heavy atom. The zero-order chi connectivity index (χ0) is 8.15. The number of rotatable bonds is 2. The van der Waals surface area contributed by atoms with Crippen molar-refractivity contribution < 1.29 is 0 Å². The summed E-state index contributed by atoms with van der Waals surface area (Å²) in [7, 11) is 0. The van der Waals surface area contributed by atoms with Crippen molar-refractivity contribution in [3.63, 3.8) is 0 Å². The molecule has 0 rings (SSSR count). The fourth-order valence-corrected chi connectivity index (χ4v) is 0.478. The highest BCUT2D eigenvalue weighted by Gasteiger charge is 1.94. The molecule has 0 aliphatic heterocycles. The lowest BCUT2D eigenvalue weighted by atomic mass is 10.1. The fraction of sp³-hybridized carbons (Fsp3) is 0.500. The van der Waals surface area contributed by atoms with Crippen LogP contribution in [-0.2, 0) is 0 Å². The third kappa shape index (κ3) is 3.30. The van der Waals surface area contributed by atoms with Crippen LogP contribution in [0.5, 0.6) is 0 Å². The second kappa shape index (κ2) is 4.12.